The number of rotatable bonds is 4. The van der Waals surface area contributed by atoms with Gasteiger partial charge in [-0.1, -0.05) is 17.7 Å². The van der Waals surface area contributed by atoms with Crippen molar-refractivity contribution in [3.8, 4) is 5.69 Å². The zero-order chi connectivity index (χ0) is 18.0. The maximum Gasteiger partial charge on any atom is 0.270 e. The third-order valence-corrected chi connectivity index (χ3v) is 3.97. The molecule has 1 N–H and O–H groups in total. The van der Waals surface area contributed by atoms with E-state index in [1.54, 1.807) is 54.5 Å². The second-order valence-electron chi connectivity index (χ2n) is 5.35. The van der Waals surface area contributed by atoms with Crippen molar-refractivity contribution in [2.75, 3.05) is 5.32 Å². The Hall–Kier alpha value is -3.19. The largest absolute Gasteiger partial charge is 0.322 e. The van der Waals surface area contributed by atoms with Crippen LogP contribution in [0.2, 0.25) is 5.02 Å². The van der Waals surface area contributed by atoms with Crippen molar-refractivity contribution in [3.05, 3.63) is 81.4 Å². The van der Waals surface area contributed by atoms with Gasteiger partial charge in [0.25, 0.3) is 11.6 Å². The molecule has 1 amide bonds. The third kappa shape index (κ3) is 3.51. The predicted octanol–water partition coefficient (Wildman–Crippen LogP) is 3.99. The molecule has 0 bridgehead atoms. The topological polar surface area (TPSA) is 90.1 Å². The van der Waals surface area contributed by atoms with Gasteiger partial charge in [-0.3, -0.25) is 14.9 Å². The number of non-ortho nitro benzene ring substituents is 1. The summed E-state index contributed by atoms with van der Waals surface area (Å²) in [7, 11) is 0. The van der Waals surface area contributed by atoms with Crippen LogP contribution >= 0.6 is 11.6 Å². The number of carbonyl (C=O) groups is 1. The number of nitrogens with one attached hydrogen (secondary N) is 1. The SMILES string of the molecule is Cc1ccc([N+](=O)[O-])cc1C(=O)Nc1ccc(-n2ccnc2)c(Cl)c1. The first-order valence-electron chi connectivity index (χ1n) is 7.30. The molecule has 25 heavy (non-hydrogen) atoms. The van der Waals surface area contributed by atoms with Gasteiger partial charge in [-0.2, -0.15) is 0 Å². The summed E-state index contributed by atoms with van der Waals surface area (Å²) < 4.78 is 1.75. The van der Waals surface area contributed by atoms with Gasteiger partial charge in [0.15, 0.2) is 0 Å². The van der Waals surface area contributed by atoms with Crippen LogP contribution in [-0.4, -0.2) is 20.4 Å². The second kappa shape index (κ2) is 6.74. The number of aromatic nitrogens is 2. The van der Waals surface area contributed by atoms with Crippen molar-refractivity contribution in [2.24, 2.45) is 0 Å². The van der Waals surface area contributed by atoms with Gasteiger partial charge >= 0.3 is 0 Å². The minimum absolute atomic E-state index is 0.135. The standard InChI is InChI=1S/C17H13ClN4O3/c1-11-2-4-13(22(24)25)9-14(11)17(23)20-12-3-5-16(15(18)8-12)21-7-6-19-10-21/h2-10H,1H3,(H,20,23). The minimum Gasteiger partial charge on any atom is -0.322 e. The Bertz CT molecular complexity index is 955. The summed E-state index contributed by atoms with van der Waals surface area (Å²) in [6.07, 6.45) is 5.01. The van der Waals surface area contributed by atoms with Crippen molar-refractivity contribution >= 4 is 28.9 Å². The molecule has 3 aromatic rings. The summed E-state index contributed by atoms with van der Waals surface area (Å²) in [5, 5.41) is 14.0. The van der Waals surface area contributed by atoms with Crippen molar-refractivity contribution in [1.82, 2.24) is 9.55 Å². The fourth-order valence-electron chi connectivity index (χ4n) is 2.36. The summed E-state index contributed by atoms with van der Waals surface area (Å²) in [6.45, 7) is 1.72. The number of hydrogen-bond donors (Lipinski definition) is 1. The van der Waals surface area contributed by atoms with Crippen LogP contribution in [0.4, 0.5) is 11.4 Å². The smallest absolute Gasteiger partial charge is 0.270 e. The quantitative estimate of drug-likeness (QED) is 0.565. The van der Waals surface area contributed by atoms with E-state index in [1.165, 1.54) is 12.1 Å². The Morgan fingerprint density at radius 3 is 2.72 bits per heavy atom. The lowest BCUT2D eigenvalue weighted by Gasteiger charge is -2.10. The number of imidazole rings is 1. The highest BCUT2D eigenvalue weighted by atomic mass is 35.5. The molecule has 0 spiro atoms. The Labute approximate surface area is 148 Å². The van der Waals surface area contributed by atoms with Crippen LogP contribution in [0.3, 0.4) is 0 Å². The molecule has 126 valence electrons. The highest BCUT2D eigenvalue weighted by Gasteiger charge is 2.15. The predicted molar refractivity (Wildman–Crippen MR) is 94.4 cm³/mol. The van der Waals surface area contributed by atoms with Gasteiger partial charge in [-0.05, 0) is 30.7 Å². The normalized spacial score (nSPS) is 10.5. The van der Waals surface area contributed by atoms with Crippen LogP contribution in [0, 0.1) is 17.0 Å². The number of nitro benzene ring substituents is 1. The summed E-state index contributed by atoms with van der Waals surface area (Å²) in [6, 6.07) is 9.23. The minimum atomic E-state index is -0.535. The van der Waals surface area contributed by atoms with Gasteiger partial charge in [-0.25, -0.2) is 4.98 Å². The average Bonchev–Trinajstić information content (AvgIpc) is 3.09. The van der Waals surface area contributed by atoms with Crippen molar-refractivity contribution in [2.45, 2.75) is 6.92 Å². The molecule has 0 atom stereocenters. The number of halogens is 1. The second-order valence-corrected chi connectivity index (χ2v) is 5.75. The lowest BCUT2D eigenvalue weighted by Crippen LogP contribution is -2.14. The molecule has 8 heteroatoms. The lowest BCUT2D eigenvalue weighted by molar-refractivity contribution is -0.384. The lowest BCUT2D eigenvalue weighted by atomic mass is 10.1. The Morgan fingerprint density at radius 2 is 2.08 bits per heavy atom. The van der Waals surface area contributed by atoms with Crippen LogP contribution in [0.25, 0.3) is 5.69 Å². The third-order valence-electron chi connectivity index (χ3n) is 3.66. The van der Waals surface area contributed by atoms with Gasteiger partial charge in [0.2, 0.25) is 0 Å². The molecule has 0 aliphatic rings. The molecule has 0 aliphatic carbocycles. The molecular formula is C17H13ClN4O3. The number of hydrogen-bond acceptors (Lipinski definition) is 4. The average molecular weight is 357 g/mol. The van der Waals surface area contributed by atoms with Crippen LogP contribution in [0.15, 0.2) is 55.1 Å². The summed E-state index contributed by atoms with van der Waals surface area (Å²) in [5.41, 5.74) is 1.96. The maximum atomic E-state index is 12.4. The van der Waals surface area contributed by atoms with Gasteiger partial charge in [0.05, 0.1) is 22.0 Å². The van der Waals surface area contributed by atoms with E-state index in [-0.39, 0.29) is 11.3 Å². The molecule has 3 rings (SSSR count). The zero-order valence-electron chi connectivity index (χ0n) is 13.1. The first-order valence-corrected chi connectivity index (χ1v) is 7.68. The molecule has 0 fully saturated rings. The molecule has 0 saturated heterocycles. The number of benzene rings is 2. The number of nitrogens with zero attached hydrogens (tertiary/aromatic N) is 3. The molecule has 0 unspecified atom stereocenters. The number of anilines is 1. The summed E-state index contributed by atoms with van der Waals surface area (Å²) in [4.78, 5) is 26.8. The molecule has 0 aliphatic heterocycles. The number of aryl methyl sites for hydroxylation is 1. The molecule has 2 aromatic carbocycles. The first-order chi connectivity index (χ1) is 12.0. The van der Waals surface area contributed by atoms with Crippen LogP contribution in [-0.2, 0) is 0 Å². The Balaban J connectivity index is 1.85. The van der Waals surface area contributed by atoms with Crippen molar-refractivity contribution in [1.29, 1.82) is 0 Å². The van der Waals surface area contributed by atoms with Crippen LogP contribution < -0.4 is 5.32 Å². The fraction of sp³-hybridized carbons (Fsp3) is 0.0588. The van der Waals surface area contributed by atoms with Gasteiger partial charge in [0.1, 0.15) is 0 Å². The highest BCUT2D eigenvalue weighted by molar-refractivity contribution is 6.32. The number of carbonyl (C=O) groups excluding carboxylic acids is 1. The van der Waals surface area contributed by atoms with E-state index in [9.17, 15) is 14.9 Å². The van der Waals surface area contributed by atoms with Crippen LogP contribution in [0.1, 0.15) is 15.9 Å². The molecular weight excluding hydrogens is 344 g/mol. The van der Waals surface area contributed by atoms with Crippen molar-refractivity contribution < 1.29 is 9.72 Å². The monoisotopic (exact) mass is 356 g/mol. The number of nitro groups is 1. The van der Waals surface area contributed by atoms with Gasteiger partial charge in [0, 0.05) is 35.8 Å². The molecule has 0 radical (unpaired) electrons. The zero-order valence-corrected chi connectivity index (χ0v) is 13.9. The summed E-state index contributed by atoms with van der Waals surface area (Å²) >= 11 is 6.26. The van der Waals surface area contributed by atoms with E-state index in [0.717, 1.165) is 5.69 Å². The van der Waals surface area contributed by atoms with Gasteiger partial charge in [-0.15, -0.1) is 0 Å². The van der Waals surface area contributed by atoms with E-state index in [0.29, 0.717) is 16.3 Å². The fourth-order valence-corrected chi connectivity index (χ4v) is 2.64. The Morgan fingerprint density at radius 1 is 1.28 bits per heavy atom. The summed E-state index contributed by atoms with van der Waals surface area (Å²) in [5.74, 6) is -0.437. The van der Waals surface area contributed by atoms with Crippen LogP contribution in [0.5, 0.6) is 0 Å². The van der Waals surface area contributed by atoms with E-state index in [2.05, 4.69) is 10.3 Å². The van der Waals surface area contributed by atoms with E-state index in [1.807, 2.05) is 0 Å². The molecule has 0 saturated carbocycles. The van der Waals surface area contributed by atoms with Crippen molar-refractivity contribution in [3.63, 3.8) is 0 Å². The molecule has 7 nitrogen and oxygen atoms in total. The van der Waals surface area contributed by atoms with E-state index in [4.69, 9.17) is 11.6 Å². The van der Waals surface area contributed by atoms with E-state index < -0.39 is 10.8 Å². The molecule has 1 heterocycles. The Kier molecular flexibility index (Phi) is 4.49. The molecule has 1 aromatic heterocycles. The highest BCUT2D eigenvalue weighted by Crippen LogP contribution is 2.25. The van der Waals surface area contributed by atoms with Gasteiger partial charge < -0.3 is 9.88 Å². The first kappa shape index (κ1) is 16.7. The van der Waals surface area contributed by atoms with E-state index >= 15 is 0 Å². The number of amides is 1. The maximum absolute atomic E-state index is 12.4.